The fourth-order valence-corrected chi connectivity index (χ4v) is 3.01. The Morgan fingerprint density at radius 2 is 1.61 bits per heavy atom. The Balaban J connectivity index is 0.000000422. The fraction of sp³-hybridized carbons (Fsp3) is 0.941. The first-order valence-corrected chi connectivity index (χ1v) is 8.42. The van der Waals surface area contributed by atoms with Gasteiger partial charge in [-0.05, 0) is 59.3 Å². The van der Waals surface area contributed by atoms with E-state index >= 15 is 0 Å². The molecule has 6 nitrogen and oxygen atoms in total. The number of hydroxylamine groups is 2. The first kappa shape index (κ1) is 22.3. The maximum Gasteiger partial charge on any atom is 0.306 e. The second-order valence-corrected chi connectivity index (χ2v) is 8.23. The van der Waals surface area contributed by atoms with E-state index in [0.717, 1.165) is 12.8 Å². The van der Waals surface area contributed by atoms with Crippen molar-refractivity contribution in [2.45, 2.75) is 96.9 Å². The van der Waals surface area contributed by atoms with E-state index < -0.39 is 18.1 Å². The van der Waals surface area contributed by atoms with E-state index in [1.54, 1.807) is 0 Å². The minimum atomic E-state index is -1.01. The third kappa shape index (κ3) is 8.11. The number of aliphatic carboxylic acids is 1. The molecule has 0 spiro atoms. The van der Waals surface area contributed by atoms with Crippen LogP contribution in [0.2, 0.25) is 0 Å². The van der Waals surface area contributed by atoms with Gasteiger partial charge in [-0.25, -0.2) is 0 Å². The lowest BCUT2D eigenvalue weighted by Crippen LogP contribution is -2.55. The van der Waals surface area contributed by atoms with Crippen molar-refractivity contribution in [2.24, 2.45) is 11.7 Å². The number of aliphatic hydroxyl groups is 1. The molecule has 6 heteroatoms. The molecule has 1 fully saturated rings. The van der Waals surface area contributed by atoms with Gasteiger partial charge < -0.3 is 15.9 Å². The number of aliphatic hydroxyl groups excluding tert-OH is 1. The molecule has 0 unspecified atom stereocenters. The van der Waals surface area contributed by atoms with Crippen LogP contribution in [0.3, 0.4) is 0 Å². The summed E-state index contributed by atoms with van der Waals surface area (Å²) in [5, 5.41) is 30.5. The van der Waals surface area contributed by atoms with Gasteiger partial charge in [0, 0.05) is 17.1 Å². The zero-order valence-corrected chi connectivity index (χ0v) is 15.5. The van der Waals surface area contributed by atoms with E-state index in [0.29, 0.717) is 12.3 Å². The molecule has 23 heavy (non-hydrogen) atoms. The van der Waals surface area contributed by atoms with Crippen LogP contribution >= 0.6 is 0 Å². The van der Waals surface area contributed by atoms with Crippen molar-refractivity contribution < 1.29 is 20.2 Å². The topological polar surface area (TPSA) is 107 Å². The minimum Gasteiger partial charge on any atom is -0.481 e. The van der Waals surface area contributed by atoms with Gasteiger partial charge >= 0.3 is 5.97 Å². The number of nitrogens with two attached hydrogens (primary N) is 1. The van der Waals surface area contributed by atoms with Crippen LogP contribution in [0, 0.1) is 5.92 Å². The zero-order valence-electron chi connectivity index (χ0n) is 15.5. The van der Waals surface area contributed by atoms with Crippen LogP contribution in [0.25, 0.3) is 0 Å². The van der Waals surface area contributed by atoms with Crippen LogP contribution in [0.15, 0.2) is 0 Å². The molecule has 1 radical (unpaired) electrons. The molecule has 4 N–H and O–H groups in total. The highest BCUT2D eigenvalue weighted by Gasteiger charge is 2.41. The van der Waals surface area contributed by atoms with Gasteiger partial charge in [0.05, 0.1) is 12.5 Å². The Hall–Kier alpha value is -0.690. The summed E-state index contributed by atoms with van der Waals surface area (Å²) >= 11 is 0. The number of carboxylic acid groups (broad SMARTS) is 1. The maximum absolute atomic E-state index is 11.7. The summed E-state index contributed by atoms with van der Waals surface area (Å²) in [5.74, 6) is -0.634. The second-order valence-electron chi connectivity index (χ2n) is 8.23. The summed E-state index contributed by atoms with van der Waals surface area (Å²) in [7, 11) is 0. The Kier molecular flexibility index (Phi) is 8.70. The molecule has 1 heterocycles. The van der Waals surface area contributed by atoms with E-state index in [1.165, 1.54) is 11.5 Å². The van der Waals surface area contributed by atoms with Crippen molar-refractivity contribution in [3.63, 3.8) is 0 Å². The summed E-state index contributed by atoms with van der Waals surface area (Å²) < 4.78 is 0. The molecule has 0 bridgehead atoms. The van der Waals surface area contributed by atoms with E-state index in [4.69, 9.17) is 10.8 Å². The predicted octanol–water partition coefficient (Wildman–Crippen LogP) is 2.57. The zero-order chi connectivity index (χ0) is 18.4. The van der Waals surface area contributed by atoms with Gasteiger partial charge in [0.15, 0.2) is 0 Å². The van der Waals surface area contributed by atoms with Gasteiger partial charge in [-0.3, -0.25) is 4.79 Å². The highest BCUT2D eigenvalue weighted by molar-refractivity contribution is 5.67. The molecule has 1 aliphatic heterocycles. The Bertz CT molecular complexity index is 354. The monoisotopic (exact) mass is 331 g/mol. The minimum absolute atomic E-state index is 0.151. The average Bonchev–Trinajstić information content (AvgIpc) is 2.35. The lowest BCUT2D eigenvalue weighted by molar-refractivity contribution is -0.286. The summed E-state index contributed by atoms with van der Waals surface area (Å²) in [6, 6.07) is -0.430. The molecular weight excluding hydrogens is 296 g/mol. The summed E-state index contributed by atoms with van der Waals surface area (Å²) in [5.41, 5.74) is 5.25. The number of hydrogen-bond donors (Lipinski definition) is 3. The van der Waals surface area contributed by atoms with Crippen LogP contribution in [-0.4, -0.2) is 44.5 Å². The Labute approximate surface area is 140 Å². The Morgan fingerprint density at radius 1 is 1.17 bits per heavy atom. The lowest BCUT2D eigenvalue weighted by Gasteiger charge is -2.46. The van der Waals surface area contributed by atoms with E-state index in [1.807, 2.05) is 41.5 Å². The van der Waals surface area contributed by atoms with Gasteiger partial charge in [0.2, 0.25) is 0 Å². The smallest absolute Gasteiger partial charge is 0.306 e. The van der Waals surface area contributed by atoms with Crippen molar-refractivity contribution in [3.05, 3.63) is 0 Å². The maximum atomic E-state index is 11.7. The fourth-order valence-electron chi connectivity index (χ4n) is 3.01. The molecule has 0 aromatic carbocycles. The van der Waals surface area contributed by atoms with Gasteiger partial charge in [-0.15, -0.1) is 10.3 Å². The molecule has 0 amide bonds. The van der Waals surface area contributed by atoms with Crippen LogP contribution in [0.4, 0.5) is 0 Å². The Morgan fingerprint density at radius 3 is 1.91 bits per heavy atom. The summed E-state index contributed by atoms with van der Waals surface area (Å²) in [6.45, 7) is 12.1. The molecule has 1 saturated heterocycles. The number of carboxylic acids is 1. The van der Waals surface area contributed by atoms with Crippen molar-refractivity contribution in [3.8, 4) is 0 Å². The molecule has 0 saturated carbocycles. The number of rotatable bonds is 5. The summed E-state index contributed by atoms with van der Waals surface area (Å²) in [4.78, 5) is 10.2. The normalized spacial score (nSPS) is 22.9. The van der Waals surface area contributed by atoms with Crippen LogP contribution in [0.5, 0.6) is 0 Å². The van der Waals surface area contributed by atoms with Gasteiger partial charge in [0.1, 0.15) is 0 Å². The van der Waals surface area contributed by atoms with E-state index in [2.05, 4.69) is 0 Å². The van der Waals surface area contributed by atoms with E-state index in [-0.39, 0.29) is 17.5 Å². The second kappa shape index (κ2) is 8.97. The third-order valence-corrected chi connectivity index (χ3v) is 4.30. The van der Waals surface area contributed by atoms with Crippen LogP contribution in [0.1, 0.15) is 73.6 Å². The average molecular weight is 331 g/mol. The number of nitrogens with zero attached hydrogens (tertiary/aromatic N) is 1. The molecule has 1 rings (SSSR count). The van der Waals surface area contributed by atoms with E-state index in [9.17, 15) is 15.1 Å². The quantitative estimate of drug-likeness (QED) is 0.718. The first-order chi connectivity index (χ1) is 10.3. The van der Waals surface area contributed by atoms with Crippen molar-refractivity contribution in [1.82, 2.24) is 5.06 Å². The molecule has 0 aromatic heterocycles. The molecule has 0 aliphatic carbocycles. The van der Waals surface area contributed by atoms with Gasteiger partial charge in [-0.1, -0.05) is 13.8 Å². The summed E-state index contributed by atoms with van der Waals surface area (Å²) in [6.07, 6.45) is 2.69. The van der Waals surface area contributed by atoms with Gasteiger partial charge in [0.25, 0.3) is 0 Å². The van der Waals surface area contributed by atoms with Crippen molar-refractivity contribution in [1.29, 1.82) is 0 Å². The number of hydrogen-bond acceptors (Lipinski definition) is 4. The number of piperidine rings is 1. The first-order valence-electron chi connectivity index (χ1n) is 8.42. The van der Waals surface area contributed by atoms with Crippen molar-refractivity contribution >= 4 is 5.97 Å². The highest BCUT2D eigenvalue weighted by Crippen LogP contribution is 2.36. The predicted molar refractivity (Wildman–Crippen MR) is 90.2 cm³/mol. The number of carbonyl (C=O) groups is 1. The highest BCUT2D eigenvalue weighted by atomic mass is 16.5. The third-order valence-electron chi connectivity index (χ3n) is 4.30. The molecule has 137 valence electrons. The SMILES string of the molecule is CC(C)C[C@H](N)[C@@H](O)CC(=O)O.CC1(C)CCCC(C)(C)N1[O]. The van der Waals surface area contributed by atoms with Crippen molar-refractivity contribution in [2.75, 3.05) is 0 Å². The molecule has 1 aliphatic rings. The molecule has 0 aromatic rings. The van der Waals surface area contributed by atoms with Gasteiger partial charge in [-0.2, -0.15) is 0 Å². The molecule has 2 atom stereocenters. The largest absolute Gasteiger partial charge is 0.481 e. The standard InChI is InChI=1S/C9H18NO.C8H17NO3/c1-8(2)6-5-7-9(3,4)10(8)11;1-5(2)3-6(9)7(10)4-8(11)12/h5-7H2,1-4H3;5-7,10H,3-4,9H2,1-2H3,(H,11,12)/t;6-,7-/m.0/s1. The van der Waals surface area contributed by atoms with Crippen LogP contribution in [-0.2, 0) is 10.0 Å². The lowest BCUT2D eigenvalue weighted by atomic mass is 9.82. The van der Waals surface area contributed by atoms with Crippen LogP contribution < -0.4 is 5.73 Å². The molecular formula is C17H35N2O4.